The molecule has 0 heterocycles. The van der Waals surface area contributed by atoms with E-state index in [4.69, 9.17) is 10.5 Å². The highest BCUT2D eigenvalue weighted by molar-refractivity contribution is 5.70. The molecule has 0 bridgehead atoms. The number of rotatable bonds is 4. The third kappa shape index (κ3) is 3.35. The van der Waals surface area contributed by atoms with E-state index < -0.39 is 0 Å². The minimum Gasteiger partial charge on any atom is -0.462 e. The van der Waals surface area contributed by atoms with Gasteiger partial charge >= 0.3 is 5.97 Å². The van der Waals surface area contributed by atoms with Crippen LogP contribution in [0.2, 0.25) is 0 Å². The van der Waals surface area contributed by atoms with Crippen LogP contribution in [0.1, 0.15) is 39.5 Å². The average molecular weight is 185 g/mol. The maximum absolute atomic E-state index is 11.3. The molecule has 1 aliphatic carbocycles. The van der Waals surface area contributed by atoms with E-state index in [0.29, 0.717) is 12.3 Å². The lowest BCUT2D eigenvalue weighted by Crippen LogP contribution is -2.33. The van der Waals surface area contributed by atoms with Crippen molar-refractivity contribution < 1.29 is 9.53 Å². The number of nitrogens with two attached hydrogens (primary N) is 1. The van der Waals surface area contributed by atoms with Crippen LogP contribution in [0.3, 0.4) is 0 Å². The summed E-state index contributed by atoms with van der Waals surface area (Å²) in [6, 6.07) is -0.0624. The van der Waals surface area contributed by atoms with Gasteiger partial charge in [-0.2, -0.15) is 0 Å². The van der Waals surface area contributed by atoms with Crippen molar-refractivity contribution in [2.24, 2.45) is 11.7 Å². The Morgan fingerprint density at radius 1 is 1.54 bits per heavy atom. The summed E-state index contributed by atoms with van der Waals surface area (Å²) in [5, 5.41) is 0. The number of ether oxygens (including phenoxy) is 1. The summed E-state index contributed by atoms with van der Waals surface area (Å²) in [5.41, 5.74) is 5.75. The maximum atomic E-state index is 11.3. The van der Waals surface area contributed by atoms with Crippen molar-refractivity contribution in [1.29, 1.82) is 0 Å². The summed E-state index contributed by atoms with van der Waals surface area (Å²) in [6.45, 7) is 4.03. The van der Waals surface area contributed by atoms with Crippen LogP contribution in [0.5, 0.6) is 0 Å². The molecule has 0 aliphatic heterocycles. The summed E-state index contributed by atoms with van der Waals surface area (Å²) in [4.78, 5) is 11.3. The molecule has 0 amide bonds. The van der Waals surface area contributed by atoms with Crippen LogP contribution in [0.4, 0.5) is 0 Å². The van der Waals surface area contributed by atoms with Gasteiger partial charge < -0.3 is 10.5 Å². The van der Waals surface area contributed by atoms with E-state index in [1.807, 2.05) is 13.8 Å². The molecule has 76 valence electrons. The summed E-state index contributed by atoms with van der Waals surface area (Å²) < 4.78 is 5.19. The SMILES string of the molecule is CC(C)C(N)CC(=O)OC1CCC1. The Labute approximate surface area is 79.6 Å². The second kappa shape index (κ2) is 4.61. The van der Waals surface area contributed by atoms with Crippen LogP contribution in [0.15, 0.2) is 0 Å². The zero-order valence-electron chi connectivity index (χ0n) is 8.45. The van der Waals surface area contributed by atoms with Crippen molar-refractivity contribution >= 4 is 5.97 Å². The fourth-order valence-electron chi connectivity index (χ4n) is 1.15. The minimum absolute atomic E-state index is 0.0624. The molecule has 13 heavy (non-hydrogen) atoms. The Kier molecular flexibility index (Phi) is 3.72. The number of esters is 1. The quantitative estimate of drug-likeness (QED) is 0.674. The molecule has 0 radical (unpaired) electrons. The normalized spacial score (nSPS) is 19.7. The predicted molar refractivity (Wildman–Crippen MR) is 51.2 cm³/mol. The Morgan fingerprint density at radius 2 is 2.15 bits per heavy atom. The lowest BCUT2D eigenvalue weighted by molar-refractivity contribution is -0.153. The molecule has 0 saturated heterocycles. The molecule has 3 nitrogen and oxygen atoms in total. The smallest absolute Gasteiger partial charge is 0.307 e. The van der Waals surface area contributed by atoms with E-state index in [1.165, 1.54) is 6.42 Å². The van der Waals surface area contributed by atoms with Crippen molar-refractivity contribution in [3.05, 3.63) is 0 Å². The van der Waals surface area contributed by atoms with Crippen molar-refractivity contribution in [3.8, 4) is 0 Å². The zero-order chi connectivity index (χ0) is 9.84. The molecule has 1 saturated carbocycles. The molecule has 1 fully saturated rings. The van der Waals surface area contributed by atoms with Gasteiger partial charge in [0.25, 0.3) is 0 Å². The van der Waals surface area contributed by atoms with Gasteiger partial charge in [-0.15, -0.1) is 0 Å². The number of hydrogen-bond acceptors (Lipinski definition) is 3. The fourth-order valence-corrected chi connectivity index (χ4v) is 1.15. The first-order chi connectivity index (χ1) is 6.09. The van der Waals surface area contributed by atoms with Gasteiger partial charge in [-0.05, 0) is 25.2 Å². The molecule has 0 aromatic heterocycles. The van der Waals surface area contributed by atoms with E-state index in [0.717, 1.165) is 12.8 Å². The van der Waals surface area contributed by atoms with Gasteiger partial charge in [-0.1, -0.05) is 13.8 Å². The van der Waals surface area contributed by atoms with Crippen LogP contribution in [-0.4, -0.2) is 18.1 Å². The summed E-state index contributed by atoms with van der Waals surface area (Å²) in [6.07, 6.45) is 3.79. The topological polar surface area (TPSA) is 52.3 Å². The Morgan fingerprint density at radius 3 is 2.54 bits per heavy atom. The van der Waals surface area contributed by atoms with Crippen LogP contribution in [-0.2, 0) is 9.53 Å². The molecular formula is C10H19NO2. The third-order valence-electron chi connectivity index (χ3n) is 2.61. The summed E-state index contributed by atoms with van der Waals surface area (Å²) >= 11 is 0. The standard InChI is InChI=1S/C10H19NO2/c1-7(2)9(11)6-10(12)13-8-4-3-5-8/h7-9H,3-6,11H2,1-2H3. The van der Waals surface area contributed by atoms with Crippen molar-refractivity contribution in [3.63, 3.8) is 0 Å². The van der Waals surface area contributed by atoms with Crippen LogP contribution >= 0.6 is 0 Å². The second-order valence-electron chi connectivity index (χ2n) is 4.15. The van der Waals surface area contributed by atoms with E-state index >= 15 is 0 Å². The molecule has 0 aromatic carbocycles. The third-order valence-corrected chi connectivity index (χ3v) is 2.61. The Balaban J connectivity index is 2.16. The highest BCUT2D eigenvalue weighted by Crippen LogP contribution is 2.22. The first-order valence-electron chi connectivity index (χ1n) is 5.04. The van der Waals surface area contributed by atoms with Crippen LogP contribution < -0.4 is 5.73 Å². The average Bonchev–Trinajstić information content (AvgIpc) is 1.96. The lowest BCUT2D eigenvalue weighted by Gasteiger charge is -2.26. The molecule has 0 spiro atoms. The summed E-state index contributed by atoms with van der Waals surface area (Å²) in [5.74, 6) is 0.208. The van der Waals surface area contributed by atoms with E-state index in [-0.39, 0.29) is 18.1 Å². The first kappa shape index (κ1) is 10.5. The molecular weight excluding hydrogens is 166 g/mol. The molecule has 1 atom stereocenters. The van der Waals surface area contributed by atoms with Gasteiger partial charge in [0.1, 0.15) is 6.10 Å². The number of hydrogen-bond donors (Lipinski definition) is 1. The number of carbonyl (C=O) groups is 1. The molecule has 1 unspecified atom stereocenters. The Hall–Kier alpha value is -0.570. The maximum Gasteiger partial charge on any atom is 0.307 e. The van der Waals surface area contributed by atoms with Gasteiger partial charge in [0.05, 0.1) is 6.42 Å². The highest BCUT2D eigenvalue weighted by Gasteiger charge is 2.23. The highest BCUT2D eigenvalue weighted by atomic mass is 16.5. The largest absolute Gasteiger partial charge is 0.462 e. The molecule has 1 rings (SSSR count). The van der Waals surface area contributed by atoms with Gasteiger partial charge in [0.2, 0.25) is 0 Å². The fraction of sp³-hybridized carbons (Fsp3) is 0.900. The minimum atomic E-state index is -0.133. The van der Waals surface area contributed by atoms with Crippen LogP contribution in [0, 0.1) is 5.92 Å². The first-order valence-corrected chi connectivity index (χ1v) is 5.04. The molecule has 0 aromatic rings. The van der Waals surface area contributed by atoms with Crippen molar-refractivity contribution in [2.75, 3.05) is 0 Å². The second-order valence-corrected chi connectivity index (χ2v) is 4.15. The van der Waals surface area contributed by atoms with Crippen molar-refractivity contribution in [1.82, 2.24) is 0 Å². The Bertz CT molecular complexity index is 176. The predicted octanol–water partition coefficient (Wildman–Crippen LogP) is 1.46. The molecule has 3 heteroatoms. The molecule has 2 N–H and O–H groups in total. The monoisotopic (exact) mass is 185 g/mol. The zero-order valence-corrected chi connectivity index (χ0v) is 8.45. The molecule has 1 aliphatic rings. The van der Waals surface area contributed by atoms with Gasteiger partial charge in [-0.25, -0.2) is 0 Å². The van der Waals surface area contributed by atoms with Gasteiger partial charge in [0.15, 0.2) is 0 Å². The van der Waals surface area contributed by atoms with Gasteiger partial charge in [-0.3, -0.25) is 4.79 Å². The van der Waals surface area contributed by atoms with Crippen molar-refractivity contribution in [2.45, 2.75) is 51.7 Å². The number of carbonyl (C=O) groups excluding carboxylic acids is 1. The van der Waals surface area contributed by atoms with E-state index in [1.54, 1.807) is 0 Å². The van der Waals surface area contributed by atoms with Gasteiger partial charge in [0, 0.05) is 6.04 Å². The van der Waals surface area contributed by atoms with Crippen LogP contribution in [0.25, 0.3) is 0 Å². The van der Waals surface area contributed by atoms with E-state index in [9.17, 15) is 4.79 Å². The lowest BCUT2D eigenvalue weighted by atomic mass is 9.96. The van der Waals surface area contributed by atoms with E-state index in [2.05, 4.69) is 0 Å². The summed E-state index contributed by atoms with van der Waals surface area (Å²) in [7, 11) is 0.